The van der Waals surface area contributed by atoms with Crippen LogP contribution in [0.15, 0.2) is 419 Å². The molecule has 0 aliphatic heterocycles. The Kier molecular flexibility index (Phi) is 21.1. The van der Waals surface area contributed by atoms with Gasteiger partial charge in [-0.3, -0.25) is 0 Å². The number of hydrogen-bond acceptors (Lipinski definition) is 9. The lowest BCUT2D eigenvalue weighted by molar-refractivity contribution is 0.0726. The van der Waals surface area contributed by atoms with Crippen LogP contribution in [0.5, 0.6) is 17.2 Å². The monoisotopic (exact) mass is 1550 g/mol. The summed E-state index contributed by atoms with van der Waals surface area (Å²) >= 11 is 0. The van der Waals surface area contributed by atoms with Crippen molar-refractivity contribution in [3.63, 3.8) is 0 Å². The average molecular weight is 1550 g/mol. The van der Waals surface area contributed by atoms with Gasteiger partial charge in [-0.1, -0.05) is 260 Å². The van der Waals surface area contributed by atoms with Crippen molar-refractivity contribution >= 4 is 101 Å². The van der Waals surface area contributed by atoms with Gasteiger partial charge in [0.15, 0.2) is 0 Å². The maximum absolute atomic E-state index is 15.1. The van der Waals surface area contributed by atoms with Gasteiger partial charge in [0.05, 0.1) is 16.7 Å². The number of fused-ring (bicyclic) bond motifs is 3. The van der Waals surface area contributed by atoms with Gasteiger partial charge in [0.1, 0.15) is 17.2 Å². The van der Waals surface area contributed by atoms with Crippen molar-refractivity contribution in [1.82, 2.24) is 0 Å². The van der Waals surface area contributed by atoms with Crippen molar-refractivity contribution in [2.75, 3.05) is 14.7 Å². The van der Waals surface area contributed by atoms with Gasteiger partial charge in [-0.05, 0) is 275 Å². The number of carbonyl (C=O) groups is 3. The van der Waals surface area contributed by atoms with Crippen LogP contribution in [0.25, 0.3) is 65.7 Å². The molecule has 0 amide bonds. The van der Waals surface area contributed by atoms with Crippen LogP contribution in [0.2, 0.25) is 0 Å². The van der Waals surface area contributed by atoms with Crippen molar-refractivity contribution in [2.45, 2.75) is 39.5 Å². The summed E-state index contributed by atoms with van der Waals surface area (Å²) in [4.78, 5) is 51.7. The van der Waals surface area contributed by atoms with Crippen molar-refractivity contribution in [3.05, 3.63) is 469 Å². The minimum atomic E-state index is -1.06. The lowest BCUT2D eigenvalue weighted by Crippen LogP contribution is -2.29. The molecule has 0 bridgehead atoms. The Morgan fingerprint density at radius 3 is 0.750 bits per heavy atom. The van der Waals surface area contributed by atoms with Gasteiger partial charge in [0, 0.05) is 73.3 Å². The molecule has 0 unspecified atom stereocenters. The highest BCUT2D eigenvalue weighted by atomic mass is 16.5. The van der Waals surface area contributed by atoms with E-state index in [-0.39, 0.29) is 0 Å². The fourth-order valence-electron chi connectivity index (χ4n) is 16.6. The number of ether oxygens (including phenoxy) is 3. The lowest BCUT2D eigenvalue weighted by Gasteiger charge is -2.37. The minimum Gasteiger partial charge on any atom is -0.422 e. The second-order valence-corrected chi connectivity index (χ2v) is 30.4. The van der Waals surface area contributed by atoms with Gasteiger partial charge in [0.25, 0.3) is 0 Å². The molecule has 0 spiro atoms. The summed E-state index contributed by atoms with van der Waals surface area (Å²) < 4.78 is 20.1. The van der Waals surface area contributed by atoms with E-state index in [9.17, 15) is 0 Å². The molecule has 0 aliphatic carbocycles. The molecule has 0 saturated carbocycles. The van der Waals surface area contributed by atoms with E-state index in [2.05, 4.69) is 243 Å². The Labute approximate surface area is 699 Å². The zero-order valence-electron chi connectivity index (χ0n) is 66.8. The van der Waals surface area contributed by atoms with Crippen molar-refractivity contribution < 1.29 is 28.6 Å². The van der Waals surface area contributed by atoms with E-state index in [4.69, 9.17) is 14.2 Å². The number of para-hydroxylation sites is 3. The molecule has 0 saturated heterocycles. The second kappa shape index (κ2) is 33.4. The third-order valence-electron chi connectivity index (χ3n) is 22.6. The predicted molar refractivity (Wildman–Crippen MR) is 491 cm³/mol. The summed E-state index contributed by atoms with van der Waals surface area (Å²) in [6.45, 7) is 8.34. The molecule has 18 rings (SSSR count). The van der Waals surface area contributed by atoms with Crippen LogP contribution in [-0.2, 0) is 5.41 Å². The molecular weight excluding hydrogens is 1470 g/mol. The van der Waals surface area contributed by atoms with Gasteiger partial charge in [-0.2, -0.15) is 0 Å². The molecule has 18 aromatic rings. The first-order valence-electron chi connectivity index (χ1n) is 40.5. The number of anilines is 9. The molecule has 0 aliphatic rings. The van der Waals surface area contributed by atoms with Crippen molar-refractivity contribution in [1.29, 1.82) is 0 Å². The van der Waals surface area contributed by atoms with Crippen LogP contribution in [0, 0.1) is 20.8 Å². The van der Waals surface area contributed by atoms with Crippen LogP contribution < -0.4 is 28.9 Å². The first-order chi connectivity index (χ1) is 58.8. The quantitative estimate of drug-likeness (QED) is 0.0374. The molecule has 0 heterocycles. The SMILES string of the molecule is CCC(c1ccc(OC(=O)c2ccc(N(c3ccccc3)c3ccc4ccccc4c3)cc2)c(-c2cccc(C)c2)c1)(c1ccc(OC(=O)c2ccc(N(c3ccccc3)c3ccc4ccccc4c3)cc2)c(-c2cccc(C)c2)c1)c1ccc(OC(=O)c2ccc(N(c3ccccc3)c3ccc4ccccc4c3)cc2)c(-c2cccc(C)c2)c1. The number of carbonyl (C=O) groups excluding carboxylic acids is 3. The van der Waals surface area contributed by atoms with Crippen LogP contribution in [0.4, 0.5) is 51.2 Å². The Bertz CT molecular complexity index is 6200. The van der Waals surface area contributed by atoms with Crippen molar-refractivity contribution in [2.24, 2.45) is 0 Å². The Morgan fingerprint density at radius 2 is 0.483 bits per heavy atom. The molecule has 0 fully saturated rings. The number of aryl methyl sites for hydroxylation is 3. The molecule has 0 radical (unpaired) electrons. The first-order valence-corrected chi connectivity index (χ1v) is 40.5. The van der Waals surface area contributed by atoms with Gasteiger partial charge in [-0.15, -0.1) is 0 Å². The summed E-state index contributed by atoms with van der Waals surface area (Å²) in [6.07, 6.45) is 0.473. The third-order valence-corrected chi connectivity index (χ3v) is 22.6. The topological polar surface area (TPSA) is 88.6 Å². The number of rotatable bonds is 22. The molecule has 9 nitrogen and oxygen atoms in total. The summed E-state index contributed by atoms with van der Waals surface area (Å²) in [7, 11) is 0. The van der Waals surface area contributed by atoms with E-state index >= 15 is 14.4 Å². The molecular formula is C111H83N3O6. The average Bonchev–Trinajstić information content (AvgIpc) is 0.732. The van der Waals surface area contributed by atoms with E-state index in [0.717, 1.165) is 134 Å². The van der Waals surface area contributed by atoms with E-state index in [1.165, 1.54) is 0 Å². The Hall–Kier alpha value is -15.5. The predicted octanol–water partition coefficient (Wildman–Crippen LogP) is 28.9. The zero-order chi connectivity index (χ0) is 81.6. The number of nitrogens with zero attached hydrogens (tertiary/aromatic N) is 3. The van der Waals surface area contributed by atoms with Gasteiger partial charge >= 0.3 is 17.9 Å². The highest BCUT2D eigenvalue weighted by Gasteiger charge is 2.38. The number of hydrogen-bond donors (Lipinski definition) is 0. The molecule has 0 N–H and O–H groups in total. The van der Waals surface area contributed by atoms with Crippen LogP contribution >= 0.6 is 0 Å². The molecule has 578 valence electrons. The smallest absolute Gasteiger partial charge is 0.343 e. The minimum absolute atomic E-state index is 0.361. The maximum atomic E-state index is 15.1. The standard InChI is InChI=1S/C111H83N3O6/c1-5-111(90-51-63-105(102(72-90)87-33-21-24-75(2)66-87)118-108(115)81-45-54-96(55-46-81)112(93-36-9-6-10-37-93)99-60-42-78-27-15-18-30-84(78)69-99,91-52-64-106(103(73-91)88-34-22-25-76(3)67-88)119-109(116)82-47-56-97(57-48-82)113(94-38-11-7-12-39-94)100-61-43-79-28-16-19-31-85(79)70-100)92-53-65-107(104(74-92)89-35-23-26-77(4)68-89)120-110(117)83-49-58-98(59-50-83)114(95-40-13-8-14-41-95)101-62-44-80-29-17-20-32-86(80)71-101/h6-74H,5H2,1-4H3. The van der Waals surface area contributed by atoms with Gasteiger partial charge in [0.2, 0.25) is 0 Å². The molecule has 0 atom stereocenters. The van der Waals surface area contributed by atoms with E-state index < -0.39 is 23.3 Å². The van der Waals surface area contributed by atoms with E-state index in [0.29, 0.717) is 57.1 Å². The third kappa shape index (κ3) is 15.6. The second-order valence-electron chi connectivity index (χ2n) is 30.4. The van der Waals surface area contributed by atoms with Crippen molar-refractivity contribution in [3.8, 4) is 50.6 Å². The molecule has 120 heavy (non-hydrogen) atoms. The normalized spacial score (nSPS) is 11.3. The number of benzene rings is 18. The fraction of sp³-hybridized carbons (Fsp3) is 0.0541. The first kappa shape index (κ1) is 75.9. The summed E-state index contributed by atoms with van der Waals surface area (Å²) in [5.74, 6) is -0.500. The largest absolute Gasteiger partial charge is 0.422 e. The van der Waals surface area contributed by atoms with Crippen LogP contribution in [-0.4, -0.2) is 17.9 Å². The molecule has 0 aromatic heterocycles. The van der Waals surface area contributed by atoms with Crippen LogP contribution in [0.1, 0.15) is 77.8 Å². The molecule has 9 heteroatoms. The highest BCUT2D eigenvalue weighted by Crippen LogP contribution is 2.51. The summed E-state index contributed by atoms with van der Waals surface area (Å²) in [5, 5.41) is 6.76. The molecule has 18 aromatic carbocycles. The highest BCUT2D eigenvalue weighted by molar-refractivity contribution is 5.98. The van der Waals surface area contributed by atoms with Crippen LogP contribution in [0.3, 0.4) is 0 Å². The lowest BCUT2D eigenvalue weighted by atomic mass is 9.66. The fourth-order valence-corrected chi connectivity index (χ4v) is 16.6. The van der Waals surface area contributed by atoms with E-state index in [1.54, 1.807) is 0 Å². The summed E-state index contributed by atoms with van der Waals surface area (Å²) in [6, 6.07) is 141. The Morgan fingerprint density at radius 1 is 0.233 bits per heavy atom. The maximum Gasteiger partial charge on any atom is 0.343 e. The number of esters is 3. The summed E-state index contributed by atoms with van der Waals surface area (Å²) in [5.41, 5.74) is 18.7. The Balaban J connectivity index is 0.747. The van der Waals surface area contributed by atoms with Gasteiger partial charge in [-0.25, -0.2) is 14.4 Å². The zero-order valence-corrected chi connectivity index (χ0v) is 66.8. The van der Waals surface area contributed by atoms with Gasteiger partial charge < -0.3 is 28.9 Å². The van der Waals surface area contributed by atoms with E-state index in [1.807, 2.05) is 218 Å².